The Morgan fingerprint density at radius 1 is 1.44 bits per heavy atom. The highest BCUT2D eigenvalue weighted by molar-refractivity contribution is 7.99. The van der Waals surface area contributed by atoms with Crippen molar-refractivity contribution in [3.8, 4) is 0 Å². The number of halogens is 1. The molecule has 0 aliphatic carbocycles. The van der Waals surface area contributed by atoms with E-state index in [0.29, 0.717) is 5.02 Å². The zero-order chi connectivity index (χ0) is 13.0. The SMILES string of the molecule is CCC(N)C(Sc1ccc(Cl)cn1)c1ccsc1. The number of thiophene rings is 1. The first kappa shape index (κ1) is 13.9. The van der Waals surface area contributed by atoms with Crippen LogP contribution in [0, 0.1) is 0 Å². The Kier molecular flexibility index (Phi) is 5.06. The van der Waals surface area contributed by atoms with E-state index in [0.717, 1.165) is 11.4 Å². The van der Waals surface area contributed by atoms with Crippen LogP contribution < -0.4 is 5.73 Å². The van der Waals surface area contributed by atoms with E-state index in [1.54, 1.807) is 29.3 Å². The third kappa shape index (κ3) is 3.48. The molecule has 96 valence electrons. The quantitative estimate of drug-likeness (QED) is 0.833. The van der Waals surface area contributed by atoms with Crippen molar-refractivity contribution < 1.29 is 0 Å². The van der Waals surface area contributed by atoms with Crippen LogP contribution in [0.15, 0.2) is 40.2 Å². The van der Waals surface area contributed by atoms with Crippen molar-refractivity contribution in [2.45, 2.75) is 29.7 Å². The van der Waals surface area contributed by atoms with E-state index in [1.807, 2.05) is 12.1 Å². The number of hydrogen-bond acceptors (Lipinski definition) is 4. The maximum absolute atomic E-state index is 6.22. The van der Waals surface area contributed by atoms with Gasteiger partial charge in [-0.1, -0.05) is 30.3 Å². The maximum atomic E-state index is 6.22. The molecule has 0 aliphatic heterocycles. The summed E-state index contributed by atoms with van der Waals surface area (Å²) in [4.78, 5) is 4.32. The number of aromatic nitrogens is 1. The van der Waals surface area contributed by atoms with E-state index in [4.69, 9.17) is 17.3 Å². The molecule has 0 fully saturated rings. The van der Waals surface area contributed by atoms with Gasteiger partial charge in [-0.2, -0.15) is 11.3 Å². The van der Waals surface area contributed by atoms with Crippen LogP contribution in [-0.4, -0.2) is 11.0 Å². The molecular weight excluding hydrogens is 284 g/mol. The molecule has 2 nitrogen and oxygen atoms in total. The average Bonchev–Trinajstić information content (AvgIpc) is 2.91. The fourth-order valence-corrected chi connectivity index (χ4v) is 3.68. The molecular formula is C13H15ClN2S2. The van der Waals surface area contributed by atoms with Crippen LogP contribution in [0.4, 0.5) is 0 Å². The van der Waals surface area contributed by atoms with Gasteiger partial charge in [0.05, 0.1) is 15.3 Å². The van der Waals surface area contributed by atoms with Crippen molar-refractivity contribution in [3.05, 3.63) is 45.7 Å². The Bertz CT molecular complexity index is 470. The number of thioether (sulfide) groups is 1. The van der Waals surface area contributed by atoms with Crippen LogP contribution in [0.25, 0.3) is 0 Å². The lowest BCUT2D eigenvalue weighted by Gasteiger charge is -2.21. The third-order valence-corrected chi connectivity index (χ3v) is 4.96. The van der Waals surface area contributed by atoms with E-state index in [1.165, 1.54) is 5.56 Å². The van der Waals surface area contributed by atoms with Crippen LogP contribution in [0.1, 0.15) is 24.2 Å². The summed E-state index contributed by atoms with van der Waals surface area (Å²) in [5.41, 5.74) is 7.49. The second kappa shape index (κ2) is 6.57. The highest BCUT2D eigenvalue weighted by Crippen LogP contribution is 2.38. The van der Waals surface area contributed by atoms with Gasteiger partial charge in [-0.15, -0.1) is 0 Å². The van der Waals surface area contributed by atoms with E-state index >= 15 is 0 Å². The zero-order valence-corrected chi connectivity index (χ0v) is 12.4. The lowest BCUT2D eigenvalue weighted by Crippen LogP contribution is -2.25. The molecule has 0 saturated heterocycles. The Morgan fingerprint density at radius 2 is 2.28 bits per heavy atom. The molecule has 2 N–H and O–H groups in total. The molecule has 2 aromatic heterocycles. The molecule has 0 saturated carbocycles. The predicted molar refractivity (Wildman–Crippen MR) is 80.4 cm³/mol. The summed E-state index contributed by atoms with van der Waals surface area (Å²) in [6.07, 6.45) is 2.62. The summed E-state index contributed by atoms with van der Waals surface area (Å²) < 4.78 is 0. The first-order valence-corrected chi connectivity index (χ1v) is 7.96. The summed E-state index contributed by atoms with van der Waals surface area (Å²) in [5.74, 6) is 0. The minimum Gasteiger partial charge on any atom is -0.326 e. The standard InChI is InChI=1S/C13H15ClN2S2/c1-2-11(15)13(9-5-6-17-8-9)18-12-4-3-10(14)7-16-12/h3-8,11,13H,2,15H2,1H3. The zero-order valence-electron chi connectivity index (χ0n) is 10.0. The molecule has 2 rings (SSSR count). The largest absolute Gasteiger partial charge is 0.326 e. The molecule has 0 aliphatic rings. The smallest absolute Gasteiger partial charge is 0.0967 e. The Hall–Kier alpha value is -0.550. The highest BCUT2D eigenvalue weighted by Gasteiger charge is 2.20. The number of nitrogens with two attached hydrogens (primary N) is 1. The molecule has 2 aromatic rings. The van der Waals surface area contributed by atoms with Gasteiger partial charge in [0.15, 0.2) is 0 Å². The first-order chi connectivity index (χ1) is 8.70. The summed E-state index contributed by atoms with van der Waals surface area (Å²) in [5, 5.41) is 6.10. The molecule has 0 amide bonds. The Balaban J connectivity index is 2.17. The van der Waals surface area contributed by atoms with Crippen molar-refractivity contribution in [1.29, 1.82) is 0 Å². The van der Waals surface area contributed by atoms with Crippen LogP contribution in [0.5, 0.6) is 0 Å². The second-order valence-electron chi connectivity index (χ2n) is 3.98. The molecule has 0 aromatic carbocycles. The van der Waals surface area contributed by atoms with Crippen molar-refractivity contribution >= 4 is 34.7 Å². The molecule has 0 bridgehead atoms. The average molecular weight is 299 g/mol. The third-order valence-electron chi connectivity index (χ3n) is 2.68. The van der Waals surface area contributed by atoms with Gasteiger partial charge in [-0.25, -0.2) is 4.98 Å². The van der Waals surface area contributed by atoms with Crippen molar-refractivity contribution in [2.75, 3.05) is 0 Å². The van der Waals surface area contributed by atoms with Gasteiger partial charge in [0.25, 0.3) is 0 Å². The number of pyridine rings is 1. The lowest BCUT2D eigenvalue weighted by atomic mass is 10.1. The van der Waals surface area contributed by atoms with E-state index in [2.05, 4.69) is 28.7 Å². The van der Waals surface area contributed by atoms with Gasteiger partial charge < -0.3 is 5.73 Å². The molecule has 0 spiro atoms. The van der Waals surface area contributed by atoms with Crippen LogP contribution in [-0.2, 0) is 0 Å². The number of rotatable bonds is 5. The second-order valence-corrected chi connectivity index (χ2v) is 6.36. The summed E-state index contributed by atoms with van der Waals surface area (Å²) >= 11 is 9.24. The fourth-order valence-electron chi connectivity index (χ4n) is 1.62. The van der Waals surface area contributed by atoms with E-state index in [-0.39, 0.29) is 11.3 Å². The van der Waals surface area contributed by atoms with E-state index in [9.17, 15) is 0 Å². The number of nitrogens with zero attached hydrogens (tertiary/aromatic N) is 1. The summed E-state index contributed by atoms with van der Waals surface area (Å²) in [6.45, 7) is 2.11. The normalized spacial score (nSPS) is 14.4. The van der Waals surface area contributed by atoms with Crippen LogP contribution in [0.2, 0.25) is 5.02 Å². The fraction of sp³-hybridized carbons (Fsp3) is 0.308. The topological polar surface area (TPSA) is 38.9 Å². The molecule has 0 radical (unpaired) electrons. The van der Waals surface area contributed by atoms with Gasteiger partial charge in [-0.05, 0) is 40.9 Å². The minimum atomic E-state index is 0.127. The van der Waals surface area contributed by atoms with Gasteiger partial charge in [0, 0.05) is 12.2 Å². The summed E-state index contributed by atoms with van der Waals surface area (Å²) in [7, 11) is 0. The monoisotopic (exact) mass is 298 g/mol. The predicted octanol–water partition coefficient (Wildman–Crippen LogP) is 4.37. The highest BCUT2D eigenvalue weighted by atomic mass is 35.5. The molecule has 2 heterocycles. The lowest BCUT2D eigenvalue weighted by molar-refractivity contribution is 0.634. The number of hydrogen-bond donors (Lipinski definition) is 1. The Labute approximate surface area is 121 Å². The van der Waals surface area contributed by atoms with Gasteiger partial charge in [-0.3, -0.25) is 0 Å². The van der Waals surface area contributed by atoms with Gasteiger partial charge >= 0.3 is 0 Å². The van der Waals surface area contributed by atoms with Crippen molar-refractivity contribution in [1.82, 2.24) is 4.98 Å². The summed E-state index contributed by atoms with van der Waals surface area (Å²) in [6, 6.07) is 6.06. The minimum absolute atomic E-state index is 0.127. The molecule has 2 atom stereocenters. The first-order valence-electron chi connectivity index (χ1n) is 5.76. The van der Waals surface area contributed by atoms with Gasteiger partial charge in [0.1, 0.15) is 0 Å². The van der Waals surface area contributed by atoms with Crippen molar-refractivity contribution in [3.63, 3.8) is 0 Å². The van der Waals surface area contributed by atoms with Crippen molar-refractivity contribution in [2.24, 2.45) is 5.73 Å². The maximum Gasteiger partial charge on any atom is 0.0967 e. The molecule has 18 heavy (non-hydrogen) atoms. The van der Waals surface area contributed by atoms with Crippen LogP contribution in [0.3, 0.4) is 0 Å². The Morgan fingerprint density at radius 3 is 2.83 bits per heavy atom. The van der Waals surface area contributed by atoms with Gasteiger partial charge in [0.2, 0.25) is 0 Å². The van der Waals surface area contributed by atoms with Crippen LogP contribution >= 0.6 is 34.7 Å². The molecule has 2 unspecified atom stereocenters. The van der Waals surface area contributed by atoms with E-state index < -0.39 is 0 Å². The molecule has 5 heteroatoms.